The third-order valence-corrected chi connectivity index (χ3v) is 4.64. The molecule has 0 aliphatic carbocycles. The number of hydrogen-bond acceptors (Lipinski definition) is 4. The van der Waals surface area contributed by atoms with Gasteiger partial charge in [-0.15, -0.1) is 0 Å². The molecular weight excluding hydrogens is 276 g/mol. The normalized spacial score (nSPS) is 21.2. The lowest BCUT2D eigenvalue weighted by molar-refractivity contribution is 0.130. The van der Waals surface area contributed by atoms with Gasteiger partial charge in [0.15, 0.2) is 0 Å². The van der Waals surface area contributed by atoms with Crippen LogP contribution in [0.3, 0.4) is 0 Å². The Balaban J connectivity index is 1.88. The minimum atomic E-state index is -3.34. The van der Waals surface area contributed by atoms with Gasteiger partial charge in [0.1, 0.15) is 0 Å². The molecule has 0 spiro atoms. The Morgan fingerprint density at radius 1 is 1.45 bits per heavy atom. The molecule has 1 aliphatic rings. The Kier molecular flexibility index (Phi) is 5.17. The van der Waals surface area contributed by atoms with Crippen LogP contribution in [0.15, 0.2) is 12.4 Å². The first-order valence-electron chi connectivity index (χ1n) is 7.17. The van der Waals surface area contributed by atoms with Gasteiger partial charge in [-0.1, -0.05) is 6.42 Å². The van der Waals surface area contributed by atoms with E-state index in [9.17, 15) is 8.42 Å². The first-order chi connectivity index (χ1) is 9.44. The molecule has 1 saturated heterocycles. The van der Waals surface area contributed by atoms with Gasteiger partial charge in [0.05, 0.1) is 18.5 Å². The molecule has 2 N–H and O–H groups in total. The zero-order chi connectivity index (χ0) is 14.6. The first kappa shape index (κ1) is 15.5. The van der Waals surface area contributed by atoms with Gasteiger partial charge in [-0.05, 0) is 44.8 Å². The number of likely N-dealkylation sites (tertiary alicyclic amines) is 1. The molecule has 6 nitrogen and oxygen atoms in total. The van der Waals surface area contributed by atoms with Crippen LogP contribution in [0.2, 0.25) is 0 Å². The fraction of sp³-hybridized carbons (Fsp3) is 0.769. The average Bonchev–Trinajstić information content (AvgIpc) is 2.75. The summed E-state index contributed by atoms with van der Waals surface area (Å²) in [6.45, 7) is 4.74. The van der Waals surface area contributed by atoms with E-state index in [1.165, 1.54) is 18.4 Å². The maximum Gasteiger partial charge on any atom is 0.209 e. The fourth-order valence-corrected chi connectivity index (χ4v) is 3.34. The number of sulfonamides is 1. The Morgan fingerprint density at radius 3 is 2.90 bits per heavy atom. The zero-order valence-electron chi connectivity index (χ0n) is 12.0. The van der Waals surface area contributed by atoms with Crippen molar-refractivity contribution in [3.05, 3.63) is 18.0 Å². The van der Waals surface area contributed by atoms with E-state index in [-0.39, 0.29) is 5.75 Å². The van der Waals surface area contributed by atoms with E-state index in [1.807, 2.05) is 17.8 Å². The molecular formula is C13H24N4O2S. The van der Waals surface area contributed by atoms with Crippen LogP contribution in [0.4, 0.5) is 0 Å². The molecule has 1 aliphatic heterocycles. The van der Waals surface area contributed by atoms with Crippen molar-refractivity contribution in [2.45, 2.75) is 45.2 Å². The van der Waals surface area contributed by atoms with E-state index in [0.717, 1.165) is 26.1 Å². The average molecular weight is 300 g/mol. The molecule has 7 heteroatoms. The number of aryl methyl sites for hydroxylation is 1. The van der Waals surface area contributed by atoms with E-state index in [0.29, 0.717) is 12.5 Å². The SMILES string of the molecule is Cc1cnn(C[C@@H]2CCCCN2CCCS(N)(=O)=O)c1. The van der Waals surface area contributed by atoms with Crippen molar-refractivity contribution in [2.24, 2.45) is 5.14 Å². The van der Waals surface area contributed by atoms with E-state index >= 15 is 0 Å². The molecule has 0 saturated carbocycles. The molecule has 114 valence electrons. The highest BCUT2D eigenvalue weighted by atomic mass is 32.2. The monoisotopic (exact) mass is 300 g/mol. The fourth-order valence-electron chi connectivity index (χ4n) is 2.81. The van der Waals surface area contributed by atoms with Gasteiger partial charge in [-0.25, -0.2) is 13.6 Å². The van der Waals surface area contributed by atoms with Crippen LogP contribution >= 0.6 is 0 Å². The van der Waals surface area contributed by atoms with Gasteiger partial charge in [-0.2, -0.15) is 5.10 Å². The number of piperidine rings is 1. The number of aromatic nitrogens is 2. The lowest BCUT2D eigenvalue weighted by Crippen LogP contribution is -2.43. The van der Waals surface area contributed by atoms with Crippen molar-refractivity contribution in [2.75, 3.05) is 18.8 Å². The zero-order valence-corrected chi connectivity index (χ0v) is 12.8. The second kappa shape index (κ2) is 6.69. The molecule has 20 heavy (non-hydrogen) atoms. The second-order valence-electron chi connectivity index (χ2n) is 5.65. The number of nitrogens with zero attached hydrogens (tertiary/aromatic N) is 3. The summed E-state index contributed by atoms with van der Waals surface area (Å²) in [5.74, 6) is 0.0666. The minimum Gasteiger partial charge on any atom is -0.299 e. The van der Waals surface area contributed by atoms with Gasteiger partial charge in [-0.3, -0.25) is 9.58 Å². The van der Waals surface area contributed by atoms with Crippen LogP contribution in [0, 0.1) is 6.92 Å². The smallest absolute Gasteiger partial charge is 0.209 e. The molecule has 2 rings (SSSR count). The summed E-state index contributed by atoms with van der Waals surface area (Å²) < 4.78 is 24.0. The molecule has 0 radical (unpaired) electrons. The van der Waals surface area contributed by atoms with Gasteiger partial charge in [0.25, 0.3) is 0 Å². The molecule has 0 amide bonds. The first-order valence-corrected chi connectivity index (χ1v) is 8.89. The summed E-state index contributed by atoms with van der Waals surface area (Å²) in [5.41, 5.74) is 1.17. The highest BCUT2D eigenvalue weighted by Crippen LogP contribution is 2.18. The predicted octanol–water partition coefficient (Wildman–Crippen LogP) is 0.725. The van der Waals surface area contributed by atoms with Gasteiger partial charge < -0.3 is 0 Å². The van der Waals surface area contributed by atoms with Crippen molar-refractivity contribution >= 4 is 10.0 Å². The van der Waals surface area contributed by atoms with Gasteiger partial charge in [0, 0.05) is 12.2 Å². The van der Waals surface area contributed by atoms with Gasteiger partial charge in [0.2, 0.25) is 10.0 Å². The van der Waals surface area contributed by atoms with E-state index in [2.05, 4.69) is 16.2 Å². The van der Waals surface area contributed by atoms with Crippen LogP contribution in [0.5, 0.6) is 0 Å². The van der Waals surface area contributed by atoms with Crippen molar-refractivity contribution in [3.63, 3.8) is 0 Å². The summed E-state index contributed by atoms with van der Waals surface area (Å²) in [5, 5.41) is 9.39. The third kappa shape index (κ3) is 4.88. The van der Waals surface area contributed by atoms with Crippen LogP contribution < -0.4 is 5.14 Å². The number of primary sulfonamides is 1. The molecule has 1 aromatic rings. The Bertz CT molecular complexity index is 526. The van der Waals surface area contributed by atoms with Crippen molar-refractivity contribution in [1.82, 2.24) is 14.7 Å². The molecule has 1 aromatic heterocycles. The predicted molar refractivity (Wildman–Crippen MR) is 78.8 cm³/mol. The summed E-state index contributed by atoms with van der Waals surface area (Å²) >= 11 is 0. The lowest BCUT2D eigenvalue weighted by Gasteiger charge is -2.35. The molecule has 1 atom stereocenters. The summed E-state index contributed by atoms with van der Waals surface area (Å²) in [6, 6.07) is 0.448. The highest BCUT2D eigenvalue weighted by molar-refractivity contribution is 7.89. The summed E-state index contributed by atoms with van der Waals surface area (Å²) in [4.78, 5) is 2.38. The number of hydrogen-bond donors (Lipinski definition) is 1. The van der Waals surface area contributed by atoms with E-state index in [1.54, 1.807) is 0 Å². The second-order valence-corrected chi connectivity index (χ2v) is 7.38. The Morgan fingerprint density at radius 2 is 2.25 bits per heavy atom. The van der Waals surface area contributed by atoms with Crippen molar-refractivity contribution < 1.29 is 8.42 Å². The summed E-state index contributed by atoms with van der Waals surface area (Å²) in [7, 11) is -3.34. The molecule has 1 fully saturated rings. The Labute approximate surface area is 121 Å². The minimum absolute atomic E-state index is 0.0666. The van der Waals surface area contributed by atoms with Crippen LogP contribution in [0.25, 0.3) is 0 Å². The van der Waals surface area contributed by atoms with Crippen molar-refractivity contribution in [1.29, 1.82) is 0 Å². The standard InChI is InChI=1S/C13H24N4O2S/c1-12-9-15-17(10-12)11-13-5-2-3-6-16(13)7-4-8-20(14,18)19/h9-10,13H,2-8,11H2,1H3,(H2,14,18,19)/t13-/m0/s1. The highest BCUT2D eigenvalue weighted by Gasteiger charge is 2.22. The quantitative estimate of drug-likeness (QED) is 0.839. The van der Waals surface area contributed by atoms with E-state index < -0.39 is 10.0 Å². The molecule has 0 aromatic carbocycles. The Hall–Kier alpha value is -0.920. The maximum absolute atomic E-state index is 11.0. The van der Waals surface area contributed by atoms with Crippen LogP contribution in [0.1, 0.15) is 31.2 Å². The van der Waals surface area contributed by atoms with Crippen molar-refractivity contribution in [3.8, 4) is 0 Å². The molecule has 0 bridgehead atoms. The lowest BCUT2D eigenvalue weighted by atomic mass is 10.0. The van der Waals surface area contributed by atoms with E-state index in [4.69, 9.17) is 5.14 Å². The van der Waals surface area contributed by atoms with Crippen LogP contribution in [-0.2, 0) is 16.6 Å². The summed E-state index contributed by atoms with van der Waals surface area (Å²) in [6.07, 6.45) is 8.09. The largest absolute Gasteiger partial charge is 0.299 e. The maximum atomic E-state index is 11.0. The molecule has 2 heterocycles. The third-order valence-electron chi connectivity index (χ3n) is 3.78. The topological polar surface area (TPSA) is 81.2 Å². The van der Waals surface area contributed by atoms with Crippen LogP contribution in [-0.4, -0.2) is 48.0 Å². The van der Waals surface area contributed by atoms with Gasteiger partial charge >= 0.3 is 0 Å². The molecule has 0 unspecified atom stereocenters. The number of nitrogens with two attached hydrogens (primary N) is 1. The number of rotatable bonds is 6.